The molecule has 74 valence electrons. The molecule has 0 amide bonds. The maximum Gasteiger partial charge on any atom is 0.0559 e. The Kier molecular flexibility index (Phi) is 5.75. The Morgan fingerprint density at radius 1 is 1.23 bits per heavy atom. The van der Waals surface area contributed by atoms with E-state index >= 15 is 0 Å². The highest BCUT2D eigenvalue weighted by molar-refractivity contribution is 7.99. The van der Waals surface area contributed by atoms with Crippen LogP contribution in [0.2, 0.25) is 0 Å². The predicted molar refractivity (Wildman–Crippen MR) is 63.5 cm³/mol. The molecule has 0 aliphatic rings. The van der Waals surface area contributed by atoms with Crippen LogP contribution in [0.4, 0.5) is 11.4 Å². The topological polar surface area (TPSA) is 52.0 Å². The van der Waals surface area contributed by atoms with E-state index in [4.69, 9.17) is 11.5 Å². The van der Waals surface area contributed by atoms with Gasteiger partial charge in [0, 0.05) is 4.90 Å². The summed E-state index contributed by atoms with van der Waals surface area (Å²) in [5.41, 5.74) is 12.6. The van der Waals surface area contributed by atoms with Crippen molar-refractivity contribution >= 4 is 35.5 Å². The van der Waals surface area contributed by atoms with Crippen LogP contribution in [0.25, 0.3) is 0 Å². The molecule has 0 saturated carbocycles. The van der Waals surface area contributed by atoms with Crippen molar-refractivity contribution in [1.29, 1.82) is 0 Å². The second-order valence-electron chi connectivity index (χ2n) is 2.64. The number of hydrogen-bond acceptors (Lipinski definition) is 3. The van der Waals surface area contributed by atoms with Gasteiger partial charge in [-0.05, 0) is 30.4 Å². The zero-order valence-electron chi connectivity index (χ0n) is 7.62. The summed E-state index contributed by atoms with van der Waals surface area (Å²) in [5.74, 6) is 1.13. The monoisotopic (exact) mass is 218 g/mol. The number of benzene rings is 1. The molecule has 0 saturated heterocycles. The van der Waals surface area contributed by atoms with Crippen molar-refractivity contribution in [3.8, 4) is 0 Å². The molecule has 1 rings (SSSR count). The van der Waals surface area contributed by atoms with Gasteiger partial charge in [0.15, 0.2) is 0 Å². The average Bonchev–Trinajstić information content (AvgIpc) is 2.07. The maximum atomic E-state index is 5.65. The SMILES string of the molecule is CCCSc1ccc(N)c(N)c1.Cl. The molecule has 0 radical (unpaired) electrons. The van der Waals surface area contributed by atoms with Crippen LogP contribution in [-0.2, 0) is 0 Å². The summed E-state index contributed by atoms with van der Waals surface area (Å²) in [7, 11) is 0. The van der Waals surface area contributed by atoms with Crippen molar-refractivity contribution in [1.82, 2.24) is 0 Å². The first kappa shape index (κ1) is 12.5. The second-order valence-corrected chi connectivity index (χ2v) is 3.81. The van der Waals surface area contributed by atoms with E-state index in [1.54, 1.807) is 0 Å². The number of nitrogen functional groups attached to an aromatic ring is 2. The fourth-order valence-electron chi connectivity index (χ4n) is 0.863. The van der Waals surface area contributed by atoms with Gasteiger partial charge in [-0.25, -0.2) is 0 Å². The number of thioether (sulfide) groups is 1. The highest BCUT2D eigenvalue weighted by atomic mass is 35.5. The molecule has 4 N–H and O–H groups in total. The number of nitrogens with two attached hydrogens (primary N) is 2. The van der Waals surface area contributed by atoms with Crippen molar-refractivity contribution in [3.63, 3.8) is 0 Å². The van der Waals surface area contributed by atoms with Gasteiger partial charge in [-0.3, -0.25) is 0 Å². The molecular formula is C9H15ClN2S. The van der Waals surface area contributed by atoms with E-state index in [-0.39, 0.29) is 12.4 Å². The van der Waals surface area contributed by atoms with Gasteiger partial charge in [-0.15, -0.1) is 24.2 Å². The first-order valence-corrected chi connectivity index (χ1v) is 5.00. The van der Waals surface area contributed by atoms with Gasteiger partial charge >= 0.3 is 0 Å². The molecule has 0 aliphatic carbocycles. The minimum absolute atomic E-state index is 0. The summed E-state index contributed by atoms with van der Waals surface area (Å²) in [5, 5.41) is 0. The Morgan fingerprint density at radius 3 is 2.46 bits per heavy atom. The summed E-state index contributed by atoms with van der Waals surface area (Å²) in [4.78, 5) is 1.20. The van der Waals surface area contributed by atoms with Crippen LogP contribution >= 0.6 is 24.2 Å². The zero-order chi connectivity index (χ0) is 8.97. The molecule has 0 atom stereocenters. The Bertz CT molecular complexity index is 266. The Labute approximate surface area is 89.5 Å². The van der Waals surface area contributed by atoms with Crippen LogP contribution in [0.1, 0.15) is 13.3 Å². The van der Waals surface area contributed by atoms with Crippen molar-refractivity contribution in [2.75, 3.05) is 17.2 Å². The minimum Gasteiger partial charge on any atom is -0.397 e. The van der Waals surface area contributed by atoms with Gasteiger partial charge in [-0.2, -0.15) is 0 Å². The molecule has 0 bridgehead atoms. The smallest absolute Gasteiger partial charge is 0.0559 e. The summed E-state index contributed by atoms with van der Waals surface area (Å²) in [6.07, 6.45) is 1.18. The molecule has 0 aliphatic heterocycles. The van der Waals surface area contributed by atoms with E-state index in [0.29, 0.717) is 11.4 Å². The lowest BCUT2D eigenvalue weighted by molar-refractivity contribution is 1.10. The van der Waals surface area contributed by atoms with E-state index in [2.05, 4.69) is 6.92 Å². The number of hydrogen-bond donors (Lipinski definition) is 2. The number of halogens is 1. The van der Waals surface area contributed by atoms with Crippen LogP contribution in [0.15, 0.2) is 23.1 Å². The van der Waals surface area contributed by atoms with Gasteiger partial charge in [-0.1, -0.05) is 6.92 Å². The van der Waals surface area contributed by atoms with Gasteiger partial charge < -0.3 is 11.5 Å². The van der Waals surface area contributed by atoms with Crippen LogP contribution in [0.5, 0.6) is 0 Å². The van der Waals surface area contributed by atoms with Crippen LogP contribution in [0.3, 0.4) is 0 Å². The van der Waals surface area contributed by atoms with Crippen LogP contribution < -0.4 is 11.5 Å². The molecule has 13 heavy (non-hydrogen) atoms. The molecule has 0 fully saturated rings. The lowest BCUT2D eigenvalue weighted by Gasteiger charge is -2.03. The number of anilines is 2. The molecule has 4 heteroatoms. The fourth-order valence-corrected chi connectivity index (χ4v) is 1.68. The lowest BCUT2D eigenvalue weighted by Crippen LogP contribution is -1.93. The predicted octanol–water partition coefficient (Wildman–Crippen LogP) is 2.77. The van der Waals surface area contributed by atoms with Crippen LogP contribution in [-0.4, -0.2) is 5.75 Å². The van der Waals surface area contributed by atoms with E-state index < -0.39 is 0 Å². The molecule has 2 nitrogen and oxygen atoms in total. The average molecular weight is 219 g/mol. The highest BCUT2D eigenvalue weighted by Crippen LogP contribution is 2.24. The second kappa shape index (κ2) is 6.00. The third-order valence-electron chi connectivity index (χ3n) is 1.53. The maximum absolute atomic E-state index is 5.65. The zero-order valence-corrected chi connectivity index (χ0v) is 9.25. The highest BCUT2D eigenvalue weighted by Gasteiger charge is 1.96. The Balaban J connectivity index is 0.00000144. The summed E-state index contributed by atoms with van der Waals surface area (Å²) in [6.45, 7) is 2.16. The summed E-state index contributed by atoms with van der Waals surface area (Å²) in [6, 6.07) is 5.79. The first-order valence-electron chi connectivity index (χ1n) is 4.02. The van der Waals surface area contributed by atoms with Crippen molar-refractivity contribution in [3.05, 3.63) is 18.2 Å². The van der Waals surface area contributed by atoms with Gasteiger partial charge in [0.1, 0.15) is 0 Å². The van der Waals surface area contributed by atoms with Crippen molar-refractivity contribution in [2.45, 2.75) is 18.2 Å². The Morgan fingerprint density at radius 2 is 1.92 bits per heavy atom. The van der Waals surface area contributed by atoms with Gasteiger partial charge in [0.25, 0.3) is 0 Å². The van der Waals surface area contributed by atoms with Crippen molar-refractivity contribution < 1.29 is 0 Å². The van der Waals surface area contributed by atoms with E-state index in [0.717, 1.165) is 5.75 Å². The van der Waals surface area contributed by atoms with Crippen molar-refractivity contribution in [2.24, 2.45) is 0 Å². The lowest BCUT2D eigenvalue weighted by atomic mass is 10.3. The quantitative estimate of drug-likeness (QED) is 0.606. The third kappa shape index (κ3) is 3.79. The third-order valence-corrected chi connectivity index (χ3v) is 2.73. The molecule has 0 spiro atoms. The van der Waals surface area contributed by atoms with Gasteiger partial charge in [0.05, 0.1) is 11.4 Å². The summed E-state index contributed by atoms with van der Waals surface area (Å²) >= 11 is 1.81. The normalized spacial score (nSPS) is 9.31. The summed E-state index contributed by atoms with van der Waals surface area (Å²) < 4.78 is 0. The first-order chi connectivity index (χ1) is 5.74. The number of rotatable bonds is 3. The molecular weight excluding hydrogens is 204 g/mol. The standard InChI is InChI=1S/C9H14N2S.ClH/c1-2-5-12-7-3-4-8(10)9(11)6-7;/h3-4,6H,2,5,10-11H2,1H3;1H. The fraction of sp³-hybridized carbons (Fsp3) is 0.333. The molecule has 0 aromatic heterocycles. The van der Waals surface area contributed by atoms with Crippen LogP contribution in [0, 0.1) is 0 Å². The van der Waals surface area contributed by atoms with E-state index in [1.165, 1.54) is 11.3 Å². The van der Waals surface area contributed by atoms with E-state index in [1.807, 2.05) is 30.0 Å². The van der Waals surface area contributed by atoms with E-state index in [9.17, 15) is 0 Å². The molecule has 0 unspecified atom stereocenters. The molecule has 0 heterocycles. The Hall–Kier alpha value is -0.540. The van der Waals surface area contributed by atoms with Gasteiger partial charge in [0.2, 0.25) is 0 Å². The molecule has 1 aromatic carbocycles. The largest absolute Gasteiger partial charge is 0.397 e. The molecule has 1 aromatic rings. The minimum atomic E-state index is 0.